The minimum atomic E-state index is -3.39. The van der Waals surface area contributed by atoms with Gasteiger partial charge in [0.25, 0.3) is 0 Å². The van der Waals surface area contributed by atoms with Crippen LogP contribution in [-0.2, 0) is 21.3 Å². The second kappa shape index (κ2) is 8.80. The van der Waals surface area contributed by atoms with Crippen LogP contribution in [-0.4, -0.2) is 38.6 Å². The third kappa shape index (κ3) is 7.25. The first kappa shape index (κ1) is 17.7. The molecule has 1 aromatic carbocycles. The first-order valence-corrected chi connectivity index (χ1v) is 8.36. The zero-order valence-electron chi connectivity index (χ0n) is 12.3. The van der Waals surface area contributed by atoms with E-state index in [1.165, 1.54) is 0 Å². The predicted octanol–water partition coefficient (Wildman–Crippen LogP) is 0.875. The van der Waals surface area contributed by atoms with Gasteiger partial charge in [-0.05, 0) is 25.5 Å². The molecular weight excluding hydrogens is 290 g/mol. The van der Waals surface area contributed by atoms with Crippen molar-refractivity contribution >= 4 is 10.0 Å². The number of aliphatic hydroxyl groups excluding tert-OH is 1. The van der Waals surface area contributed by atoms with Crippen LogP contribution in [0.15, 0.2) is 24.3 Å². The topological polar surface area (TPSA) is 75.6 Å². The molecule has 0 fully saturated rings. The monoisotopic (exact) mass is 311 g/mol. The van der Waals surface area contributed by atoms with E-state index in [2.05, 4.69) is 16.6 Å². The number of ether oxygens (including phenoxy) is 1. The van der Waals surface area contributed by atoms with E-state index in [4.69, 9.17) is 9.84 Å². The summed E-state index contributed by atoms with van der Waals surface area (Å²) in [4.78, 5) is 0. The van der Waals surface area contributed by atoms with Gasteiger partial charge in [-0.1, -0.05) is 30.0 Å². The number of hydrogen-bond donors (Lipinski definition) is 2. The molecule has 116 valence electrons. The van der Waals surface area contributed by atoms with Gasteiger partial charge in [0, 0.05) is 12.1 Å². The normalized spacial score (nSPS) is 11.2. The Morgan fingerprint density at radius 3 is 2.71 bits per heavy atom. The molecule has 0 aliphatic heterocycles. The van der Waals surface area contributed by atoms with Crippen LogP contribution in [0.2, 0.25) is 0 Å². The molecule has 0 radical (unpaired) electrons. The number of benzene rings is 1. The third-order valence-corrected chi connectivity index (χ3v) is 3.89. The van der Waals surface area contributed by atoms with Crippen LogP contribution in [0, 0.1) is 11.8 Å². The summed E-state index contributed by atoms with van der Waals surface area (Å²) in [5.41, 5.74) is 1.47. The van der Waals surface area contributed by atoms with Crippen LogP contribution < -0.4 is 4.72 Å². The summed E-state index contributed by atoms with van der Waals surface area (Å²) in [6, 6.07) is 7.22. The molecule has 0 aliphatic carbocycles. The van der Waals surface area contributed by atoms with Gasteiger partial charge < -0.3 is 9.84 Å². The highest BCUT2D eigenvalue weighted by atomic mass is 32.2. The standard InChI is InChI=1S/C15H21NO4S/c1-13(2)20-10-11-21(18,19)16-12-15-7-4-3-6-14(15)8-5-9-17/h3-4,6-7,13,16-17H,9-12H2,1-2H3. The molecule has 0 heterocycles. The lowest BCUT2D eigenvalue weighted by molar-refractivity contribution is 0.0911. The molecule has 21 heavy (non-hydrogen) atoms. The van der Waals surface area contributed by atoms with Crippen molar-refractivity contribution in [3.8, 4) is 11.8 Å². The Kier molecular flexibility index (Phi) is 7.40. The number of nitrogens with one attached hydrogen (secondary N) is 1. The molecule has 0 amide bonds. The summed E-state index contributed by atoms with van der Waals surface area (Å²) < 4.78 is 31.5. The summed E-state index contributed by atoms with van der Waals surface area (Å²) in [7, 11) is -3.39. The van der Waals surface area contributed by atoms with Crippen LogP contribution in [0.4, 0.5) is 0 Å². The van der Waals surface area contributed by atoms with Crippen molar-refractivity contribution in [1.29, 1.82) is 0 Å². The third-order valence-electron chi connectivity index (χ3n) is 2.61. The van der Waals surface area contributed by atoms with Gasteiger partial charge in [0.1, 0.15) is 6.61 Å². The number of sulfonamides is 1. The van der Waals surface area contributed by atoms with Crippen LogP contribution in [0.5, 0.6) is 0 Å². The van der Waals surface area contributed by atoms with Gasteiger partial charge in [-0.3, -0.25) is 0 Å². The summed E-state index contributed by atoms with van der Waals surface area (Å²) in [6.45, 7) is 3.82. The van der Waals surface area contributed by atoms with E-state index in [1.54, 1.807) is 12.1 Å². The van der Waals surface area contributed by atoms with Crippen molar-refractivity contribution in [3.63, 3.8) is 0 Å². The summed E-state index contributed by atoms with van der Waals surface area (Å²) in [5.74, 6) is 5.28. The van der Waals surface area contributed by atoms with E-state index in [0.717, 1.165) is 5.56 Å². The van der Waals surface area contributed by atoms with Crippen LogP contribution >= 0.6 is 0 Å². The molecule has 0 saturated heterocycles. The Hall–Kier alpha value is -1.39. The highest BCUT2D eigenvalue weighted by molar-refractivity contribution is 7.89. The van der Waals surface area contributed by atoms with E-state index in [0.29, 0.717) is 5.56 Å². The van der Waals surface area contributed by atoms with E-state index in [1.807, 2.05) is 26.0 Å². The van der Waals surface area contributed by atoms with Crippen molar-refractivity contribution in [2.45, 2.75) is 26.5 Å². The van der Waals surface area contributed by atoms with Gasteiger partial charge in [0.15, 0.2) is 0 Å². The van der Waals surface area contributed by atoms with E-state index in [-0.39, 0.29) is 31.6 Å². The average Bonchev–Trinajstić information content (AvgIpc) is 2.43. The molecule has 0 aromatic heterocycles. The Bertz CT molecular complexity index is 600. The van der Waals surface area contributed by atoms with Gasteiger partial charge >= 0.3 is 0 Å². The molecule has 0 saturated carbocycles. The molecule has 6 heteroatoms. The summed E-state index contributed by atoms with van der Waals surface area (Å²) in [6.07, 6.45) is 0.00896. The Morgan fingerprint density at radius 1 is 1.33 bits per heavy atom. The molecule has 0 aliphatic rings. The van der Waals surface area contributed by atoms with E-state index >= 15 is 0 Å². The number of rotatable bonds is 7. The van der Waals surface area contributed by atoms with E-state index < -0.39 is 10.0 Å². The average molecular weight is 311 g/mol. The van der Waals surface area contributed by atoms with Crippen molar-refractivity contribution in [2.24, 2.45) is 0 Å². The van der Waals surface area contributed by atoms with E-state index in [9.17, 15) is 8.42 Å². The summed E-state index contributed by atoms with van der Waals surface area (Å²) in [5, 5.41) is 8.72. The van der Waals surface area contributed by atoms with Crippen LogP contribution in [0.3, 0.4) is 0 Å². The zero-order valence-corrected chi connectivity index (χ0v) is 13.1. The maximum absolute atomic E-state index is 11.8. The molecule has 2 N–H and O–H groups in total. The second-order valence-corrected chi connectivity index (χ2v) is 6.60. The largest absolute Gasteiger partial charge is 0.384 e. The maximum atomic E-state index is 11.8. The number of aliphatic hydroxyl groups is 1. The maximum Gasteiger partial charge on any atom is 0.214 e. The Morgan fingerprint density at radius 2 is 2.05 bits per heavy atom. The highest BCUT2D eigenvalue weighted by Crippen LogP contribution is 2.07. The van der Waals surface area contributed by atoms with Crippen molar-refractivity contribution in [1.82, 2.24) is 4.72 Å². The first-order chi connectivity index (χ1) is 9.94. The van der Waals surface area contributed by atoms with Crippen molar-refractivity contribution < 1.29 is 18.3 Å². The van der Waals surface area contributed by atoms with Crippen molar-refractivity contribution in [3.05, 3.63) is 35.4 Å². The fraction of sp³-hybridized carbons (Fsp3) is 0.467. The predicted molar refractivity (Wildman–Crippen MR) is 82.1 cm³/mol. The highest BCUT2D eigenvalue weighted by Gasteiger charge is 2.11. The van der Waals surface area contributed by atoms with Gasteiger partial charge in [0.05, 0.1) is 18.5 Å². The molecule has 1 rings (SSSR count). The van der Waals surface area contributed by atoms with Gasteiger partial charge in [-0.25, -0.2) is 13.1 Å². The minimum absolute atomic E-state index is 0.00896. The van der Waals surface area contributed by atoms with Gasteiger partial charge in [-0.15, -0.1) is 0 Å². The lowest BCUT2D eigenvalue weighted by Gasteiger charge is -2.10. The first-order valence-electron chi connectivity index (χ1n) is 6.71. The molecule has 0 unspecified atom stereocenters. The minimum Gasteiger partial charge on any atom is -0.384 e. The fourth-order valence-corrected chi connectivity index (χ4v) is 2.42. The molecule has 0 bridgehead atoms. The van der Waals surface area contributed by atoms with Crippen molar-refractivity contribution in [2.75, 3.05) is 19.0 Å². The Labute approximate surface area is 126 Å². The lowest BCUT2D eigenvalue weighted by Crippen LogP contribution is -2.28. The second-order valence-electron chi connectivity index (χ2n) is 4.68. The summed E-state index contributed by atoms with van der Waals surface area (Å²) >= 11 is 0. The lowest BCUT2D eigenvalue weighted by atomic mass is 10.1. The van der Waals surface area contributed by atoms with Gasteiger partial charge in [-0.2, -0.15) is 0 Å². The zero-order chi connectivity index (χ0) is 15.7. The van der Waals surface area contributed by atoms with Crippen LogP contribution in [0.25, 0.3) is 0 Å². The smallest absolute Gasteiger partial charge is 0.214 e. The Balaban J connectivity index is 2.62. The molecular formula is C15H21NO4S. The molecule has 1 aromatic rings. The SMILES string of the molecule is CC(C)OCCS(=O)(=O)NCc1ccccc1C#CCO. The fourth-order valence-electron chi connectivity index (χ4n) is 1.58. The number of hydrogen-bond acceptors (Lipinski definition) is 4. The van der Waals surface area contributed by atoms with Gasteiger partial charge in [0.2, 0.25) is 10.0 Å². The molecule has 0 spiro atoms. The molecule has 0 atom stereocenters. The molecule has 5 nitrogen and oxygen atoms in total. The van der Waals surface area contributed by atoms with Crippen LogP contribution in [0.1, 0.15) is 25.0 Å². The quantitative estimate of drug-likeness (QED) is 0.733.